The molecule has 2 saturated heterocycles. The molecule has 0 aromatic carbocycles. The Hall–Kier alpha value is -1.14. The number of nitrogens with one attached hydrogen (secondary N) is 1. The molecule has 2 amide bonds. The van der Waals surface area contributed by atoms with Crippen LogP contribution in [0.3, 0.4) is 0 Å². The molecular weight excluding hydrogens is 210 g/mol. The van der Waals surface area contributed by atoms with Crippen LogP contribution in [0.1, 0.15) is 6.92 Å². The number of carbonyl (C=O) groups excluding carboxylic acids is 2. The summed E-state index contributed by atoms with van der Waals surface area (Å²) in [4.78, 5) is 26.2. The SMILES string of the molecule is C[C@H]1CN(CC(=O)N2CCOC2=O)CCN1. The van der Waals surface area contributed by atoms with E-state index in [0.717, 1.165) is 19.6 Å². The van der Waals surface area contributed by atoms with Crippen molar-refractivity contribution in [3.05, 3.63) is 0 Å². The third-order valence-corrected chi connectivity index (χ3v) is 2.87. The first-order chi connectivity index (χ1) is 7.66. The van der Waals surface area contributed by atoms with Gasteiger partial charge >= 0.3 is 6.09 Å². The molecule has 0 bridgehead atoms. The van der Waals surface area contributed by atoms with E-state index in [2.05, 4.69) is 17.1 Å². The quantitative estimate of drug-likeness (QED) is 0.673. The van der Waals surface area contributed by atoms with Gasteiger partial charge in [-0.05, 0) is 6.92 Å². The van der Waals surface area contributed by atoms with Crippen LogP contribution in [0.4, 0.5) is 4.79 Å². The molecule has 0 saturated carbocycles. The van der Waals surface area contributed by atoms with Crippen LogP contribution in [0.25, 0.3) is 0 Å². The minimum Gasteiger partial charge on any atom is -0.447 e. The lowest BCUT2D eigenvalue weighted by Gasteiger charge is -2.31. The molecule has 0 aromatic heterocycles. The highest BCUT2D eigenvalue weighted by molar-refractivity contribution is 5.94. The molecular formula is C10H17N3O3. The molecule has 0 aromatic rings. The number of cyclic esters (lactones) is 1. The lowest BCUT2D eigenvalue weighted by molar-refractivity contribution is -0.129. The van der Waals surface area contributed by atoms with E-state index in [-0.39, 0.29) is 5.91 Å². The molecule has 16 heavy (non-hydrogen) atoms. The second kappa shape index (κ2) is 4.80. The molecule has 90 valence electrons. The first kappa shape index (κ1) is 11.3. The number of rotatable bonds is 2. The van der Waals surface area contributed by atoms with Gasteiger partial charge < -0.3 is 10.1 Å². The van der Waals surface area contributed by atoms with Crippen molar-refractivity contribution in [1.82, 2.24) is 15.1 Å². The first-order valence-corrected chi connectivity index (χ1v) is 5.59. The molecule has 0 unspecified atom stereocenters. The van der Waals surface area contributed by atoms with E-state index in [1.165, 1.54) is 4.90 Å². The van der Waals surface area contributed by atoms with Crippen molar-refractivity contribution in [1.29, 1.82) is 0 Å². The summed E-state index contributed by atoms with van der Waals surface area (Å²) in [5.41, 5.74) is 0. The van der Waals surface area contributed by atoms with E-state index in [1.54, 1.807) is 0 Å². The monoisotopic (exact) mass is 227 g/mol. The fraction of sp³-hybridized carbons (Fsp3) is 0.800. The van der Waals surface area contributed by atoms with E-state index in [9.17, 15) is 9.59 Å². The van der Waals surface area contributed by atoms with Crippen molar-refractivity contribution < 1.29 is 14.3 Å². The fourth-order valence-electron chi connectivity index (χ4n) is 2.05. The zero-order chi connectivity index (χ0) is 11.5. The Morgan fingerprint density at radius 3 is 3.00 bits per heavy atom. The number of piperazine rings is 1. The highest BCUT2D eigenvalue weighted by atomic mass is 16.6. The van der Waals surface area contributed by atoms with Crippen molar-refractivity contribution in [2.45, 2.75) is 13.0 Å². The molecule has 2 aliphatic heterocycles. The number of ether oxygens (including phenoxy) is 1. The Bertz CT molecular complexity index is 295. The molecule has 1 atom stereocenters. The molecule has 1 N–H and O–H groups in total. The largest absolute Gasteiger partial charge is 0.447 e. The Morgan fingerprint density at radius 2 is 2.38 bits per heavy atom. The maximum Gasteiger partial charge on any atom is 0.416 e. The Morgan fingerprint density at radius 1 is 1.56 bits per heavy atom. The Kier molecular flexibility index (Phi) is 3.40. The van der Waals surface area contributed by atoms with Crippen molar-refractivity contribution >= 4 is 12.0 Å². The van der Waals surface area contributed by atoms with Crippen LogP contribution >= 0.6 is 0 Å². The number of hydrogen-bond donors (Lipinski definition) is 1. The van der Waals surface area contributed by atoms with Gasteiger partial charge in [-0.25, -0.2) is 9.69 Å². The van der Waals surface area contributed by atoms with Gasteiger partial charge in [0.15, 0.2) is 0 Å². The number of imide groups is 1. The second-order valence-corrected chi connectivity index (χ2v) is 4.25. The standard InChI is InChI=1S/C10H17N3O3/c1-8-6-12(3-2-11-8)7-9(14)13-4-5-16-10(13)15/h8,11H,2-7H2,1H3/t8-/m0/s1. The minimum atomic E-state index is -0.506. The van der Waals surface area contributed by atoms with E-state index in [1.807, 2.05) is 0 Å². The predicted octanol–water partition coefficient (Wildman–Crippen LogP) is -0.741. The maximum atomic E-state index is 11.8. The van der Waals surface area contributed by atoms with Crippen LogP contribution in [-0.2, 0) is 9.53 Å². The number of hydrogen-bond acceptors (Lipinski definition) is 5. The highest BCUT2D eigenvalue weighted by Crippen LogP contribution is 2.06. The third-order valence-electron chi connectivity index (χ3n) is 2.87. The zero-order valence-electron chi connectivity index (χ0n) is 9.44. The topological polar surface area (TPSA) is 61.9 Å². The van der Waals surface area contributed by atoms with Gasteiger partial charge in [0, 0.05) is 25.7 Å². The van der Waals surface area contributed by atoms with Crippen LogP contribution < -0.4 is 5.32 Å². The van der Waals surface area contributed by atoms with E-state index in [4.69, 9.17) is 4.74 Å². The number of nitrogens with zero attached hydrogens (tertiary/aromatic N) is 2. The van der Waals surface area contributed by atoms with Crippen LogP contribution in [0.5, 0.6) is 0 Å². The summed E-state index contributed by atoms with van der Waals surface area (Å²) in [5.74, 6) is -0.156. The molecule has 6 heteroatoms. The summed E-state index contributed by atoms with van der Waals surface area (Å²) >= 11 is 0. The van der Waals surface area contributed by atoms with Gasteiger partial charge in [-0.1, -0.05) is 0 Å². The molecule has 0 spiro atoms. The predicted molar refractivity (Wildman–Crippen MR) is 57.0 cm³/mol. The minimum absolute atomic E-state index is 0.156. The average molecular weight is 227 g/mol. The van der Waals surface area contributed by atoms with Gasteiger partial charge in [-0.2, -0.15) is 0 Å². The van der Waals surface area contributed by atoms with Crippen LogP contribution in [0.2, 0.25) is 0 Å². The Balaban J connectivity index is 1.84. The summed E-state index contributed by atoms with van der Waals surface area (Å²) in [6, 6.07) is 0.395. The summed E-state index contributed by atoms with van der Waals surface area (Å²) < 4.78 is 4.73. The van der Waals surface area contributed by atoms with E-state index < -0.39 is 6.09 Å². The summed E-state index contributed by atoms with van der Waals surface area (Å²) in [5, 5.41) is 3.31. The third kappa shape index (κ3) is 2.51. The molecule has 2 fully saturated rings. The molecule has 0 aliphatic carbocycles. The zero-order valence-corrected chi connectivity index (χ0v) is 9.44. The smallest absolute Gasteiger partial charge is 0.416 e. The van der Waals surface area contributed by atoms with Crippen LogP contribution in [-0.4, -0.2) is 67.2 Å². The molecule has 6 nitrogen and oxygen atoms in total. The second-order valence-electron chi connectivity index (χ2n) is 4.25. The van der Waals surface area contributed by atoms with Gasteiger partial charge in [-0.3, -0.25) is 9.69 Å². The van der Waals surface area contributed by atoms with Crippen molar-refractivity contribution in [3.8, 4) is 0 Å². The van der Waals surface area contributed by atoms with Crippen molar-refractivity contribution in [2.24, 2.45) is 0 Å². The van der Waals surface area contributed by atoms with E-state index >= 15 is 0 Å². The van der Waals surface area contributed by atoms with Crippen LogP contribution in [0, 0.1) is 0 Å². The molecule has 0 radical (unpaired) electrons. The number of amides is 2. The van der Waals surface area contributed by atoms with Gasteiger partial charge in [0.25, 0.3) is 0 Å². The van der Waals surface area contributed by atoms with E-state index in [0.29, 0.717) is 25.7 Å². The lowest BCUT2D eigenvalue weighted by Crippen LogP contribution is -2.52. The maximum absolute atomic E-state index is 11.8. The summed E-state index contributed by atoms with van der Waals surface area (Å²) in [6.07, 6.45) is -0.506. The normalized spacial score (nSPS) is 26.9. The molecule has 2 aliphatic rings. The summed E-state index contributed by atoms with van der Waals surface area (Å²) in [7, 11) is 0. The first-order valence-electron chi connectivity index (χ1n) is 5.59. The van der Waals surface area contributed by atoms with Crippen molar-refractivity contribution in [3.63, 3.8) is 0 Å². The Labute approximate surface area is 94.5 Å². The fourth-order valence-corrected chi connectivity index (χ4v) is 2.05. The van der Waals surface area contributed by atoms with Gasteiger partial charge in [0.1, 0.15) is 6.61 Å². The van der Waals surface area contributed by atoms with Crippen molar-refractivity contribution in [2.75, 3.05) is 39.3 Å². The van der Waals surface area contributed by atoms with Gasteiger partial charge in [0.05, 0.1) is 13.1 Å². The molecule has 2 rings (SSSR count). The average Bonchev–Trinajstić information content (AvgIpc) is 2.64. The van der Waals surface area contributed by atoms with Gasteiger partial charge in [0.2, 0.25) is 5.91 Å². The van der Waals surface area contributed by atoms with Crippen LogP contribution in [0.15, 0.2) is 0 Å². The molecule has 2 heterocycles. The number of carbonyl (C=O) groups is 2. The highest BCUT2D eigenvalue weighted by Gasteiger charge is 2.30. The summed E-state index contributed by atoms with van der Waals surface area (Å²) in [6.45, 7) is 5.68. The lowest BCUT2D eigenvalue weighted by atomic mass is 10.2. The van der Waals surface area contributed by atoms with Gasteiger partial charge in [-0.15, -0.1) is 0 Å².